The number of rotatable bonds is 7. The molecule has 0 aliphatic heterocycles. The Labute approximate surface area is 119 Å². The first kappa shape index (κ1) is 14.6. The Morgan fingerprint density at radius 1 is 1.47 bits per heavy atom. The summed E-state index contributed by atoms with van der Waals surface area (Å²) in [5.41, 5.74) is 1.18. The Morgan fingerprint density at radius 2 is 2.21 bits per heavy atom. The second-order valence-electron chi connectivity index (χ2n) is 5.38. The van der Waals surface area contributed by atoms with Crippen molar-refractivity contribution in [2.24, 2.45) is 5.41 Å². The van der Waals surface area contributed by atoms with Crippen molar-refractivity contribution in [2.45, 2.75) is 32.7 Å². The van der Waals surface area contributed by atoms with E-state index in [1.165, 1.54) is 0 Å². The Morgan fingerprint density at radius 3 is 2.79 bits per heavy atom. The molecule has 1 saturated carbocycles. The lowest BCUT2D eigenvalue weighted by Gasteiger charge is -2.21. The van der Waals surface area contributed by atoms with E-state index < -0.39 is 0 Å². The maximum Gasteiger partial charge on any atom is 0.124 e. The molecule has 0 spiro atoms. The minimum Gasteiger partial charge on any atom is -0.494 e. The molecule has 106 valence electrons. The molecular formula is C15H22ClNO2. The lowest BCUT2D eigenvalue weighted by atomic mass is 10.0. The molecule has 3 nitrogen and oxygen atoms in total. The van der Waals surface area contributed by atoms with Crippen LogP contribution in [0.4, 0.5) is 0 Å². The third-order valence-electron chi connectivity index (χ3n) is 3.81. The van der Waals surface area contributed by atoms with Gasteiger partial charge in [-0.05, 0) is 44.9 Å². The van der Waals surface area contributed by atoms with Gasteiger partial charge in [0.15, 0.2) is 0 Å². The maximum absolute atomic E-state index is 9.34. The third-order valence-corrected chi connectivity index (χ3v) is 4.05. The Bertz CT molecular complexity index is 432. The average molecular weight is 284 g/mol. The molecule has 1 unspecified atom stereocenters. The fourth-order valence-electron chi connectivity index (χ4n) is 2.19. The second kappa shape index (κ2) is 6.12. The number of ether oxygens (including phenoxy) is 1. The van der Waals surface area contributed by atoms with Crippen molar-refractivity contribution in [3.8, 4) is 5.75 Å². The van der Waals surface area contributed by atoms with Crippen LogP contribution in [-0.4, -0.2) is 24.9 Å². The van der Waals surface area contributed by atoms with Gasteiger partial charge in [0.1, 0.15) is 5.75 Å². The van der Waals surface area contributed by atoms with Gasteiger partial charge in [0, 0.05) is 35.2 Å². The predicted molar refractivity (Wildman–Crippen MR) is 77.8 cm³/mol. The van der Waals surface area contributed by atoms with Gasteiger partial charge in [-0.1, -0.05) is 11.6 Å². The van der Waals surface area contributed by atoms with Crippen LogP contribution in [0.1, 0.15) is 38.3 Å². The van der Waals surface area contributed by atoms with Crippen LogP contribution in [0.2, 0.25) is 5.02 Å². The molecule has 1 aliphatic rings. The average Bonchev–Trinajstić information content (AvgIpc) is 3.19. The van der Waals surface area contributed by atoms with E-state index in [4.69, 9.17) is 16.3 Å². The number of nitrogens with one attached hydrogen (secondary N) is 1. The van der Waals surface area contributed by atoms with Gasteiger partial charge in [-0.2, -0.15) is 0 Å². The Hall–Kier alpha value is -0.770. The summed E-state index contributed by atoms with van der Waals surface area (Å²) in [5, 5.41) is 13.5. The van der Waals surface area contributed by atoms with Crippen LogP contribution < -0.4 is 10.1 Å². The van der Waals surface area contributed by atoms with Crippen LogP contribution in [0.5, 0.6) is 5.75 Å². The monoisotopic (exact) mass is 283 g/mol. The van der Waals surface area contributed by atoms with E-state index >= 15 is 0 Å². The summed E-state index contributed by atoms with van der Waals surface area (Å²) in [4.78, 5) is 0. The van der Waals surface area contributed by atoms with Gasteiger partial charge < -0.3 is 15.2 Å². The number of hydrogen-bond donors (Lipinski definition) is 2. The van der Waals surface area contributed by atoms with Gasteiger partial charge in [-0.25, -0.2) is 0 Å². The largest absolute Gasteiger partial charge is 0.494 e. The highest BCUT2D eigenvalue weighted by atomic mass is 35.5. The highest BCUT2D eigenvalue weighted by Crippen LogP contribution is 2.44. The van der Waals surface area contributed by atoms with E-state index in [1.54, 1.807) is 0 Å². The van der Waals surface area contributed by atoms with Crippen LogP contribution in [0, 0.1) is 5.41 Å². The summed E-state index contributed by atoms with van der Waals surface area (Å²) in [6, 6.07) is 5.86. The van der Waals surface area contributed by atoms with Gasteiger partial charge in [-0.15, -0.1) is 0 Å². The van der Waals surface area contributed by atoms with E-state index in [0.29, 0.717) is 6.61 Å². The zero-order valence-electron chi connectivity index (χ0n) is 11.6. The van der Waals surface area contributed by atoms with E-state index in [1.807, 2.05) is 25.1 Å². The third kappa shape index (κ3) is 3.62. The molecule has 0 heterocycles. The quantitative estimate of drug-likeness (QED) is 0.808. The molecule has 1 aromatic carbocycles. The second-order valence-corrected chi connectivity index (χ2v) is 5.81. The van der Waals surface area contributed by atoms with Crippen molar-refractivity contribution in [1.29, 1.82) is 0 Å². The fraction of sp³-hybridized carbons (Fsp3) is 0.600. The van der Waals surface area contributed by atoms with Crippen molar-refractivity contribution >= 4 is 11.6 Å². The molecule has 1 aliphatic carbocycles. The standard InChI is InChI=1S/C15H22ClNO2/c1-3-19-14-5-4-12(16)8-13(14)11(2)17-9-15(10-18)6-7-15/h4-5,8,11,17-18H,3,6-7,9-10H2,1-2H3. The highest BCUT2D eigenvalue weighted by molar-refractivity contribution is 6.30. The lowest BCUT2D eigenvalue weighted by Crippen LogP contribution is -2.29. The maximum atomic E-state index is 9.34. The van der Waals surface area contributed by atoms with Crippen molar-refractivity contribution < 1.29 is 9.84 Å². The first-order valence-electron chi connectivity index (χ1n) is 6.87. The minimum absolute atomic E-state index is 0.110. The zero-order valence-corrected chi connectivity index (χ0v) is 12.3. The lowest BCUT2D eigenvalue weighted by molar-refractivity contribution is 0.204. The highest BCUT2D eigenvalue weighted by Gasteiger charge is 2.41. The molecule has 1 atom stereocenters. The Balaban J connectivity index is 2.04. The summed E-state index contributed by atoms with van der Waals surface area (Å²) in [6.45, 7) is 5.81. The number of aliphatic hydroxyl groups excluding tert-OH is 1. The molecule has 0 aromatic heterocycles. The van der Waals surface area contributed by atoms with Gasteiger partial charge in [0.25, 0.3) is 0 Å². The van der Waals surface area contributed by atoms with Crippen LogP contribution in [0.25, 0.3) is 0 Å². The number of hydrogen-bond acceptors (Lipinski definition) is 3. The van der Waals surface area contributed by atoms with Crippen molar-refractivity contribution in [3.05, 3.63) is 28.8 Å². The topological polar surface area (TPSA) is 41.5 Å². The van der Waals surface area contributed by atoms with Gasteiger partial charge in [0.05, 0.1) is 6.61 Å². The van der Waals surface area contributed by atoms with Crippen LogP contribution in [0.3, 0.4) is 0 Å². The summed E-state index contributed by atoms with van der Waals surface area (Å²) >= 11 is 6.07. The number of benzene rings is 1. The molecule has 0 saturated heterocycles. The predicted octanol–water partition coefficient (Wildman–Crippen LogP) is 3.16. The van der Waals surface area contributed by atoms with Gasteiger partial charge in [-0.3, -0.25) is 0 Å². The zero-order chi connectivity index (χ0) is 13.9. The summed E-state index contributed by atoms with van der Waals surface area (Å²) < 4.78 is 5.64. The van der Waals surface area contributed by atoms with Gasteiger partial charge in [0.2, 0.25) is 0 Å². The molecule has 0 bridgehead atoms. The molecule has 0 amide bonds. The number of halogens is 1. The fourth-order valence-corrected chi connectivity index (χ4v) is 2.37. The summed E-state index contributed by atoms with van der Waals surface area (Å²) in [5.74, 6) is 0.876. The molecule has 4 heteroatoms. The van der Waals surface area contributed by atoms with E-state index in [-0.39, 0.29) is 18.1 Å². The first-order valence-corrected chi connectivity index (χ1v) is 7.24. The smallest absolute Gasteiger partial charge is 0.124 e. The van der Waals surface area contributed by atoms with Crippen LogP contribution in [0.15, 0.2) is 18.2 Å². The summed E-state index contributed by atoms with van der Waals surface area (Å²) in [6.07, 6.45) is 2.22. The van der Waals surface area contributed by atoms with E-state index in [9.17, 15) is 5.11 Å². The van der Waals surface area contributed by atoms with Crippen LogP contribution >= 0.6 is 11.6 Å². The first-order chi connectivity index (χ1) is 9.10. The van der Waals surface area contributed by atoms with Crippen molar-refractivity contribution in [1.82, 2.24) is 5.32 Å². The van der Waals surface area contributed by atoms with E-state index in [2.05, 4.69) is 12.2 Å². The molecule has 2 rings (SSSR count). The molecular weight excluding hydrogens is 262 g/mol. The Kier molecular flexibility index (Phi) is 4.71. The molecule has 1 aromatic rings. The molecule has 1 fully saturated rings. The molecule has 19 heavy (non-hydrogen) atoms. The molecule has 0 radical (unpaired) electrons. The molecule has 2 N–H and O–H groups in total. The van der Waals surface area contributed by atoms with Crippen LogP contribution in [-0.2, 0) is 0 Å². The van der Waals surface area contributed by atoms with Gasteiger partial charge >= 0.3 is 0 Å². The number of aliphatic hydroxyl groups is 1. The summed E-state index contributed by atoms with van der Waals surface area (Å²) in [7, 11) is 0. The normalized spacial score (nSPS) is 18.1. The minimum atomic E-state index is 0.110. The van der Waals surface area contributed by atoms with E-state index in [0.717, 1.165) is 35.7 Å². The van der Waals surface area contributed by atoms with Crippen molar-refractivity contribution in [3.63, 3.8) is 0 Å². The van der Waals surface area contributed by atoms with Crippen molar-refractivity contribution in [2.75, 3.05) is 19.8 Å². The SMILES string of the molecule is CCOc1ccc(Cl)cc1C(C)NCC1(CO)CC1.